The lowest BCUT2D eigenvalue weighted by molar-refractivity contribution is 0.251. The van der Waals surface area contributed by atoms with E-state index in [1.807, 2.05) is 24.3 Å². The van der Waals surface area contributed by atoms with Crippen LogP contribution in [0.2, 0.25) is 0 Å². The van der Waals surface area contributed by atoms with Crippen LogP contribution in [0.5, 0.6) is 0 Å². The summed E-state index contributed by atoms with van der Waals surface area (Å²) in [6, 6.07) is 13.5. The zero-order chi connectivity index (χ0) is 14.4. The summed E-state index contributed by atoms with van der Waals surface area (Å²) in [4.78, 5) is 11.7. The molecule has 2 amide bonds. The Labute approximate surface area is 117 Å². The molecular formula is C16H17FN2O. The monoisotopic (exact) mass is 272 g/mol. The summed E-state index contributed by atoms with van der Waals surface area (Å²) in [7, 11) is 0. The number of benzene rings is 2. The number of anilines is 1. The maximum Gasteiger partial charge on any atom is 0.319 e. The zero-order valence-corrected chi connectivity index (χ0v) is 11.3. The Hall–Kier alpha value is -2.36. The van der Waals surface area contributed by atoms with Crippen molar-refractivity contribution in [3.05, 3.63) is 65.5 Å². The lowest BCUT2D eigenvalue weighted by Gasteiger charge is -2.08. The molecule has 0 saturated heterocycles. The van der Waals surface area contributed by atoms with Crippen molar-refractivity contribution >= 4 is 11.7 Å². The van der Waals surface area contributed by atoms with E-state index < -0.39 is 0 Å². The van der Waals surface area contributed by atoms with Crippen LogP contribution >= 0.6 is 0 Å². The van der Waals surface area contributed by atoms with Gasteiger partial charge in [0.05, 0.1) is 0 Å². The quantitative estimate of drug-likeness (QED) is 0.875. The number of carbonyl (C=O) groups excluding carboxylic acids is 1. The number of amides is 2. The minimum absolute atomic E-state index is 0.279. The van der Waals surface area contributed by atoms with Gasteiger partial charge in [0, 0.05) is 12.2 Å². The van der Waals surface area contributed by atoms with E-state index >= 15 is 0 Å². The zero-order valence-electron chi connectivity index (χ0n) is 11.3. The first-order valence-electron chi connectivity index (χ1n) is 6.55. The number of hydrogen-bond acceptors (Lipinski definition) is 1. The van der Waals surface area contributed by atoms with E-state index in [1.165, 1.54) is 17.7 Å². The lowest BCUT2D eigenvalue weighted by Crippen LogP contribution is -2.28. The van der Waals surface area contributed by atoms with Gasteiger partial charge < -0.3 is 10.6 Å². The third-order valence-corrected chi connectivity index (χ3v) is 2.99. The third-order valence-electron chi connectivity index (χ3n) is 2.99. The number of urea groups is 1. The summed E-state index contributed by atoms with van der Waals surface area (Å²) in [5.41, 5.74) is 2.82. The first kappa shape index (κ1) is 14.1. The van der Waals surface area contributed by atoms with E-state index in [4.69, 9.17) is 0 Å². The van der Waals surface area contributed by atoms with E-state index in [0.717, 1.165) is 17.7 Å². The first-order valence-corrected chi connectivity index (χ1v) is 6.55. The Morgan fingerprint density at radius 3 is 2.20 bits per heavy atom. The van der Waals surface area contributed by atoms with Crippen LogP contribution in [-0.4, -0.2) is 6.03 Å². The predicted octanol–water partition coefficient (Wildman–Crippen LogP) is 3.71. The molecule has 2 aromatic rings. The van der Waals surface area contributed by atoms with Crippen molar-refractivity contribution in [1.82, 2.24) is 5.32 Å². The molecule has 0 aliphatic carbocycles. The summed E-state index contributed by atoms with van der Waals surface area (Å²) in [5, 5.41) is 5.47. The number of halogens is 1. The molecule has 0 radical (unpaired) electrons. The van der Waals surface area contributed by atoms with Crippen LogP contribution in [-0.2, 0) is 13.0 Å². The average Bonchev–Trinajstić information content (AvgIpc) is 2.47. The van der Waals surface area contributed by atoms with Crippen LogP contribution in [0.25, 0.3) is 0 Å². The summed E-state index contributed by atoms with van der Waals surface area (Å²) >= 11 is 0. The van der Waals surface area contributed by atoms with Crippen molar-refractivity contribution in [2.75, 3.05) is 5.32 Å². The molecule has 0 aromatic heterocycles. The van der Waals surface area contributed by atoms with Crippen molar-refractivity contribution in [2.24, 2.45) is 0 Å². The minimum atomic E-state index is -0.283. The van der Waals surface area contributed by atoms with E-state index in [9.17, 15) is 9.18 Å². The van der Waals surface area contributed by atoms with E-state index in [0.29, 0.717) is 6.54 Å². The molecule has 0 unspecified atom stereocenters. The maximum atomic E-state index is 12.7. The van der Waals surface area contributed by atoms with E-state index in [1.54, 1.807) is 12.1 Å². The van der Waals surface area contributed by atoms with Crippen molar-refractivity contribution in [2.45, 2.75) is 19.9 Å². The topological polar surface area (TPSA) is 41.1 Å². The van der Waals surface area contributed by atoms with Crippen LogP contribution in [0.4, 0.5) is 14.9 Å². The molecule has 0 fully saturated rings. The molecule has 0 heterocycles. The highest BCUT2D eigenvalue weighted by Gasteiger charge is 2.02. The molecule has 20 heavy (non-hydrogen) atoms. The number of hydrogen-bond donors (Lipinski definition) is 2. The standard InChI is InChI=1S/C16H17FN2O/c1-2-12-5-9-15(10-6-12)19-16(20)18-11-13-3-7-14(17)8-4-13/h3-10H,2,11H2,1H3,(H2,18,19,20). The predicted molar refractivity (Wildman–Crippen MR) is 78.1 cm³/mol. The second-order valence-electron chi connectivity index (χ2n) is 4.48. The second-order valence-corrected chi connectivity index (χ2v) is 4.48. The molecule has 0 aliphatic rings. The van der Waals surface area contributed by atoms with Gasteiger partial charge in [-0.1, -0.05) is 31.2 Å². The SMILES string of the molecule is CCc1ccc(NC(=O)NCc2ccc(F)cc2)cc1. The van der Waals surface area contributed by atoms with E-state index in [2.05, 4.69) is 17.6 Å². The Bertz CT molecular complexity index is 564. The normalized spacial score (nSPS) is 10.1. The highest BCUT2D eigenvalue weighted by molar-refractivity contribution is 5.89. The van der Waals surface area contributed by atoms with Crippen LogP contribution in [0.1, 0.15) is 18.1 Å². The molecule has 0 saturated carbocycles. The number of aryl methyl sites for hydroxylation is 1. The summed E-state index contributed by atoms with van der Waals surface area (Å²) in [6.07, 6.45) is 0.969. The van der Waals surface area contributed by atoms with Gasteiger partial charge in [0.1, 0.15) is 5.82 Å². The molecule has 104 valence electrons. The molecule has 0 atom stereocenters. The average molecular weight is 272 g/mol. The largest absolute Gasteiger partial charge is 0.334 e. The Balaban J connectivity index is 1.84. The van der Waals surface area contributed by atoms with Gasteiger partial charge in [0.25, 0.3) is 0 Å². The molecule has 2 rings (SSSR count). The van der Waals surface area contributed by atoms with Crippen molar-refractivity contribution in [1.29, 1.82) is 0 Å². The molecule has 2 aromatic carbocycles. The smallest absolute Gasteiger partial charge is 0.319 e. The van der Waals surface area contributed by atoms with Gasteiger partial charge in [0.2, 0.25) is 0 Å². The number of carbonyl (C=O) groups is 1. The Morgan fingerprint density at radius 1 is 1.00 bits per heavy atom. The van der Waals surface area contributed by atoms with Crippen LogP contribution in [0.3, 0.4) is 0 Å². The van der Waals surface area contributed by atoms with Crippen LogP contribution in [0, 0.1) is 5.82 Å². The molecule has 0 bridgehead atoms. The van der Waals surface area contributed by atoms with Gasteiger partial charge in [-0.25, -0.2) is 9.18 Å². The summed E-state index contributed by atoms with van der Waals surface area (Å²) in [5.74, 6) is -0.283. The van der Waals surface area contributed by atoms with Crippen molar-refractivity contribution in [3.63, 3.8) is 0 Å². The minimum Gasteiger partial charge on any atom is -0.334 e. The highest BCUT2D eigenvalue weighted by atomic mass is 19.1. The van der Waals surface area contributed by atoms with Gasteiger partial charge in [0.15, 0.2) is 0 Å². The molecule has 0 spiro atoms. The Kier molecular flexibility index (Phi) is 4.71. The van der Waals surface area contributed by atoms with E-state index in [-0.39, 0.29) is 11.8 Å². The summed E-state index contributed by atoms with van der Waals surface area (Å²) in [6.45, 7) is 2.44. The van der Waals surface area contributed by atoms with Gasteiger partial charge in [-0.2, -0.15) is 0 Å². The molecule has 3 nitrogen and oxygen atoms in total. The molecule has 4 heteroatoms. The van der Waals surface area contributed by atoms with Gasteiger partial charge in [-0.15, -0.1) is 0 Å². The van der Waals surface area contributed by atoms with Crippen molar-refractivity contribution in [3.8, 4) is 0 Å². The fraction of sp³-hybridized carbons (Fsp3) is 0.188. The highest BCUT2D eigenvalue weighted by Crippen LogP contribution is 2.09. The molecule has 2 N–H and O–H groups in total. The number of rotatable bonds is 4. The lowest BCUT2D eigenvalue weighted by atomic mass is 10.1. The number of nitrogens with one attached hydrogen (secondary N) is 2. The maximum absolute atomic E-state index is 12.7. The Morgan fingerprint density at radius 2 is 1.60 bits per heavy atom. The summed E-state index contributed by atoms with van der Waals surface area (Å²) < 4.78 is 12.7. The first-order chi connectivity index (χ1) is 9.67. The fourth-order valence-corrected chi connectivity index (χ4v) is 1.78. The van der Waals surface area contributed by atoms with Crippen molar-refractivity contribution < 1.29 is 9.18 Å². The van der Waals surface area contributed by atoms with Gasteiger partial charge in [-0.3, -0.25) is 0 Å². The molecular weight excluding hydrogens is 255 g/mol. The molecule has 0 aliphatic heterocycles. The van der Waals surface area contributed by atoms with Gasteiger partial charge in [-0.05, 0) is 41.8 Å². The van der Waals surface area contributed by atoms with Crippen LogP contribution < -0.4 is 10.6 Å². The van der Waals surface area contributed by atoms with Crippen LogP contribution in [0.15, 0.2) is 48.5 Å². The van der Waals surface area contributed by atoms with Gasteiger partial charge >= 0.3 is 6.03 Å². The fourth-order valence-electron chi connectivity index (χ4n) is 1.78. The second kappa shape index (κ2) is 6.70. The third kappa shape index (κ3) is 4.09.